The molecule has 0 spiro atoms. The van der Waals surface area contributed by atoms with Crippen molar-refractivity contribution >= 4 is 10.1 Å². The summed E-state index contributed by atoms with van der Waals surface area (Å²) in [4.78, 5) is -0.313. The van der Waals surface area contributed by atoms with E-state index in [9.17, 15) is 17.2 Å². The molecule has 4 nitrogen and oxygen atoms in total. The van der Waals surface area contributed by atoms with Gasteiger partial charge in [0.2, 0.25) is 0 Å². The second-order valence-electron chi connectivity index (χ2n) is 2.65. The molecule has 0 saturated carbocycles. The van der Waals surface area contributed by atoms with Crippen molar-refractivity contribution in [3.63, 3.8) is 0 Å². The highest BCUT2D eigenvalue weighted by molar-refractivity contribution is 7.85. The zero-order valence-corrected chi connectivity index (χ0v) is 8.25. The van der Waals surface area contributed by atoms with E-state index in [1.165, 1.54) is 12.1 Å². The van der Waals surface area contributed by atoms with Gasteiger partial charge in [-0.05, 0) is 24.3 Å². The van der Waals surface area contributed by atoms with Crippen molar-refractivity contribution < 1.29 is 26.5 Å². The lowest BCUT2D eigenvalue weighted by Gasteiger charge is -2.05. The SMILES string of the molecule is O=S(=O)(O)c1ccc(OCC(F)F)cc1. The second kappa shape index (κ2) is 4.54. The fourth-order valence-electron chi connectivity index (χ4n) is 0.867. The molecule has 1 N–H and O–H groups in total. The summed E-state index contributed by atoms with van der Waals surface area (Å²) in [6.45, 7) is -0.759. The number of benzene rings is 1. The fourth-order valence-corrected chi connectivity index (χ4v) is 1.35. The van der Waals surface area contributed by atoms with Crippen LogP contribution in [0.1, 0.15) is 0 Å². The van der Waals surface area contributed by atoms with Crippen LogP contribution < -0.4 is 4.74 Å². The molecular formula is C8H8F2O4S. The van der Waals surface area contributed by atoms with E-state index < -0.39 is 23.2 Å². The van der Waals surface area contributed by atoms with E-state index >= 15 is 0 Å². The second-order valence-corrected chi connectivity index (χ2v) is 4.07. The molecule has 0 heterocycles. The van der Waals surface area contributed by atoms with E-state index in [1.807, 2.05) is 0 Å². The first kappa shape index (κ1) is 11.9. The van der Waals surface area contributed by atoms with E-state index in [1.54, 1.807) is 0 Å². The van der Waals surface area contributed by atoms with Crippen molar-refractivity contribution in [3.8, 4) is 5.75 Å². The van der Waals surface area contributed by atoms with Crippen LogP contribution in [0.4, 0.5) is 8.78 Å². The van der Waals surface area contributed by atoms with E-state index in [2.05, 4.69) is 4.74 Å². The first-order valence-electron chi connectivity index (χ1n) is 3.88. The Morgan fingerprint density at radius 1 is 1.27 bits per heavy atom. The van der Waals surface area contributed by atoms with Gasteiger partial charge in [-0.3, -0.25) is 4.55 Å². The molecule has 0 aliphatic heterocycles. The van der Waals surface area contributed by atoms with Crippen LogP contribution in [0.2, 0.25) is 0 Å². The van der Waals surface area contributed by atoms with Gasteiger partial charge in [0, 0.05) is 0 Å². The summed E-state index contributed by atoms with van der Waals surface area (Å²) in [5.74, 6) is 0.114. The minimum absolute atomic E-state index is 0.114. The summed E-state index contributed by atoms with van der Waals surface area (Å²) in [6, 6.07) is 4.50. The minimum Gasteiger partial charge on any atom is -0.488 e. The highest BCUT2D eigenvalue weighted by Gasteiger charge is 2.09. The molecule has 84 valence electrons. The van der Waals surface area contributed by atoms with Gasteiger partial charge in [0.05, 0.1) is 4.90 Å². The van der Waals surface area contributed by atoms with Crippen molar-refractivity contribution in [2.75, 3.05) is 6.61 Å². The Kier molecular flexibility index (Phi) is 3.59. The molecule has 0 amide bonds. The summed E-state index contributed by atoms with van der Waals surface area (Å²) in [7, 11) is -4.25. The Morgan fingerprint density at radius 2 is 1.80 bits per heavy atom. The van der Waals surface area contributed by atoms with Crippen LogP contribution in [0, 0.1) is 0 Å². The van der Waals surface area contributed by atoms with E-state index in [-0.39, 0.29) is 10.6 Å². The number of alkyl halides is 2. The van der Waals surface area contributed by atoms with Crippen molar-refractivity contribution in [1.82, 2.24) is 0 Å². The molecule has 1 aromatic rings. The average Bonchev–Trinajstić information content (AvgIpc) is 2.14. The van der Waals surface area contributed by atoms with Crippen molar-refractivity contribution in [1.29, 1.82) is 0 Å². The predicted octanol–water partition coefficient (Wildman–Crippen LogP) is 1.58. The van der Waals surface area contributed by atoms with Crippen LogP contribution in [-0.4, -0.2) is 26.0 Å². The summed E-state index contributed by atoms with van der Waals surface area (Å²) in [6.07, 6.45) is -2.59. The van der Waals surface area contributed by atoms with Crippen molar-refractivity contribution in [2.45, 2.75) is 11.3 Å². The number of hydrogen-bond donors (Lipinski definition) is 1. The monoisotopic (exact) mass is 238 g/mol. The van der Waals surface area contributed by atoms with Crippen LogP contribution in [0.3, 0.4) is 0 Å². The number of halogens is 2. The van der Waals surface area contributed by atoms with E-state index in [0.717, 1.165) is 12.1 Å². The maximum atomic E-state index is 11.7. The molecule has 0 bridgehead atoms. The van der Waals surface area contributed by atoms with Crippen LogP contribution in [0.15, 0.2) is 29.2 Å². The van der Waals surface area contributed by atoms with E-state index in [4.69, 9.17) is 4.55 Å². The van der Waals surface area contributed by atoms with Gasteiger partial charge in [-0.15, -0.1) is 0 Å². The Morgan fingerprint density at radius 3 is 2.20 bits per heavy atom. The third-order valence-corrected chi connectivity index (χ3v) is 2.37. The lowest BCUT2D eigenvalue weighted by molar-refractivity contribution is 0.0819. The smallest absolute Gasteiger partial charge is 0.294 e. The van der Waals surface area contributed by atoms with Gasteiger partial charge in [0.1, 0.15) is 12.4 Å². The summed E-state index contributed by atoms with van der Waals surface area (Å²) in [5.41, 5.74) is 0. The molecule has 0 radical (unpaired) electrons. The topological polar surface area (TPSA) is 63.6 Å². The number of ether oxygens (including phenoxy) is 1. The first-order chi connectivity index (χ1) is 6.89. The Balaban J connectivity index is 2.73. The molecule has 1 rings (SSSR count). The van der Waals surface area contributed by atoms with Gasteiger partial charge < -0.3 is 4.74 Å². The largest absolute Gasteiger partial charge is 0.488 e. The molecule has 15 heavy (non-hydrogen) atoms. The zero-order chi connectivity index (χ0) is 11.5. The van der Waals surface area contributed by atoms with Crippen molar-refractivity contribution in [2.24, 2.45) is 0 Å². The quantitative estimate of drug-likeness (QED) is 0.809. The molecule has 1 aromatic carbocycles. The van der Waals surface area contributed by atoms with Gasteiger partial charge in [0.25, 0.3) is 16.5 Å². The maximum absolute atomic E-state index is 11.7. The van der Waals surface area contributed by atoms with Crippen LogP contribution in [0.25, 0.3) is 0 Å². The third-order valence-electron chi connectivity index (χ3n) is 1.50. The third kappa shape index (κ3) is 3.80. The standard InChI is InChI=1S/C8H8F2O4S/c9-8(10)5-14-6-1-3-7(4-2-6)15(11,12)13/h1-4,8H,5H2,(H,11,12,13). The molecule has 0 fully saturated rings. The Hall–Kier alpha value is -1.21. The minimum atomic E-state index is -4.25. The lowest BCUT2D eigenvalue weighted by Crippen LogP contribution is -2.07. The highest BCUT2D eigenvalue weighted by Crippen LogP contribution is 2.16. The molecule has 0 aromatic heterocycles. The molecule has 0 atom stereocenters. The highest BCUT2D eigenvalue weighted by atomic mass is 32.2. The van der Waals surface area contributed by atoms with E-state index in [0.29, 0.717) is 0 Å². The van der Waals surface area contributed by atoms with Gasteiger partial charge in [0.15, 0.2) is 0 Å². The van der Waals surface area contributed by atoms with Gasteiger partial charge >= 0.3 is 0 Å². The Labute approximate surface area is 85.2 Å². The summed E-state index contributed by atoms with van der Waals surface area (Å²) in [5, 5.41) is 0. The fraction of sp³-hybridized carbons (Fsp3) is 0.250. The van der Waals surface area contributed by atoms with Crippen molar-refractivity contribution in [3.05, 3.63) is 24.3 Å². The van der Waals surface area contributed by atoms with Gasteiger partial charge in [-0.25, -0.2) is 8.78 Å². The van der Waals surface area contributed by atoms with Crippen LogP contribution in [-0.2, 0) is 10.1 Å². The Bertz CT molecular complexity index is 413. The number of hydrogen-bond acceptors (Lipinski definition) is 3. The molecule has 0 aliphatic rings. The first-order valence-corrected chi connectivity index (χ1v) is 5.32. The molecule has 0 unspecified atom stereocenters. The molecule has 0 aliphatic carbocycles. The van der Waals surface area contributed by atoms with Crippen LogP contribution in [0.5, 0.6) is 5.75 Å². The number of rotatable bonds is 4. The summed E-state index contributed by atoms with van der Waals surface area (Å²) < 4.78 is 57.9. The average molecular weight is 238 g/mol. The molecular weight excluding hydrogens is 230 g/mol. The normalized spacial score (nSPS) is 11.7. The molecule has 0 saturated heterocycles. The van der Waals surface area contributed by atoms with Crippen LogP contribution >= 0.6 is 0 Å². The maximum Gasteiger partial charge on any atom is 0.294 e. The predicted molar refractivity (Wildman–Crippen MR) is 47.8 cm³/mol. The van der Waals surface area contributed by atoms with Gasteiger partial charge in [-0.2, -0.15) is 8.42 Å². The van der Waals surface area contributed by atoms with Gasteiger partial charge in [-0.1, -0.05) is 0 Å². The summed E-state index contributed by atoms with van der Waals surface area (Å²) >= 11 is 0. The zero-order valence-electron chi connectivity index (χ0n) is 7.43. The lowest BCUT2D eigenvalue weighted by atomic mass is 10.3. The molecule has 7 heteroatoms.